The Morgan fingerprint density at radius 1 is 1.29 bits per heavy atom. The summed E-state index contributed by atoms with van der Waals surface area (Å²) >= 11 is 0. The second-order valence-electron chi connectivity index (χ2n) is 4.35. The topological polar surface area (TPSA) is 90.3 Å². The molecule has 0 saturated heterocycles. The molecule has 0 bridgehead atoms. The molecule has 21 heavy (non-hydrogen) atoms. The molecule has 1 N–H and O–H groups in total. The minimum Gasteiger partial charge on any atom is -0.451 e. The van der Waals surface area contributed by atoms with Crippen molar-refractivity contribution in [3.63, 3.8) is 0 Å². The van der Waals surface area contributed by atoms with Gasteiger partial charge in [0.05, 0.1) is 5.39 Å². The van der Waals surface area contributed by atoms with Crippen LogP contribution in [0.25, 0.3) is 10.8 Å². The maximum Gasteiger partial charge on any atom is 0.359 e. The number of carbonyl (C=O) groups excluding carboxylic acids is 2. The van der Waals surface area contributed by atoms with Gasteiger partial charge in [-0.2, -0.15) is 5.10 Å². The number of hydrogen-bond acceptors (Lipinski definition) is 5. The Bertz CT molecular complexity index is 751. The number of nitrogens with zero attached hydrogens (tertiary/aromatic N) is 2. The average molecular weight is 289 g/mol. The van der Waals surface area contributed by atoms with Crippen molar-refractivity contribution in [2.75, 3.05) is 13.2 Å². The van der Waals surface area contributed by atoms with E-state index in [0.717, 1.165) is 4.68 Å². The molecule has 2 rings (SSSR count). The third-order valence-electron chi connectivity index (χ3n) is 2.86. The number of carbonyl (C=O) groups is 2. The van der Waals surface area contributed by atoms with Crippen LogP contribution in [0.3, 0.4) is 0 Å². The molecule has 1 aromatic heterocycles. The highest BCUT2D eigenvalue weighted by molar-refractivity contribution is 6.02. The van der Waals surface area contributed by atoms with Crippen LogP contribution in [0.1, 0.15) is 17.4 Å². The highest BCUT2D eigenvalue weighted by Gasteiger charge is 2.17. The van der Waals surface area contributed by atoms with Crippen molar-refractivity contribution in [1.82, 2.24) is 15.1 Å². The molecule has 7 nitrogen and oxygen atoms in total. The van der Waals surface area contributed by atoms with Crippen molar-refractivity contribution in [2.45, 2.75) is 6.92 Å². The van der Waals surface area contributed by atoms with Gasteiger partial charge >= 0.3 is 5.97 Å². The molecule has 2 aromatic rings. The molecule has 0 spiro atoms. The first-order valence-corrected chi connectivity index (χ1v) is 6.44. The van der Waals surface area contributed by atoms with Crippen molar-refractivity contribution in [2.24, 2.45) is 7.05 Å². The monoisotopic (exact) mass is 289 g/mol. The van der Waals surface area contributed by atoms with E-state index < -0.39 is 5.97 Å². The number of esters is 1. The number of aryl methyl sites for hydroxylation is 1. The number of fused-ring (bicyclic) bond motifs is 1. The van der Waals surface area contributed by atoms with Crippen molar-refractivity contribution in [1.29, 1.82) is 0 Å². The maximum atomic E-state index is 12.1. The molecular formula is C14H15N3O4. The summed E-state index contributed by atoms with van der Waals surface area (Å²) in [5.74, 6) is -1.13. The van der Waals surface area contributed by atoms with Crippen LogP contribution in [0.4, 0.5) is 0 Å². The predicted molar refractivity (Wildman–Crippen MR) is 76.0 cm³/mol. The van der Waals surface area contributed by atoms with Crippen molar-refractivity contribution < 1.29 is 14.3 Å². The van der Waals surface area contributed by atoms with Crippen LogP contribution in [0.2, 0.25) is 0 Å². The van der Waals surface area contributed by atoms with Gasteiger partial charge < -0.3 is 10.1 Å². The lowest BCUT2D eigenvalue weighted by Crippen LogP contribution is -2.29. The minimum absolute atomic E-state index is 0.0111. The Morgan fingerprint density at radius 3 is 2.62 bits per heavy atom. The molecule has 0 saturated carbocycles. The minimum atomic E-state index is -0.743. The van der Waals surface area contributed by atoms with Crippen LogP contribution in [0, 0.1) is 0 Å². The highest BCUT2D eigenvalue weighted by atomic mass is 16.5. The Kier molecular flexibility index (Phi) is 4.32. The van der Waals surface area contributed by atoms with Gasteiger partial charge in [-0.1, -0.05) is 18.2 Å². The quantitative estimate of drug-likeness (QED) is 0.813. The van der Waals surface area contributed by atoms with Gasteiger partial charge in [-0.15, -0.1) is 0 Å². The number of hydrogen-bond donors (Lipinski definition) is 1. The van der Waals surface area contributed by atoms with E-state index in [1.807, 2.05) is 0 Å². The van der Waals surface area contributed by atoms with Gasteiger partial charge in [-0.25, -0.2) is 9.48 Å². The molecule has 0 unspecified atom stereocenters. The smallest absolute Gasteiger partial charge is 0.359 e. The van der Waals surface area contributed by atoms with E-state index in [1.54, 1.807) is 31.2 Å². The van der Waals surface area contributed by atoms with Gasteiger partial charge in [0.1, 0.15) is 0 Å². The van der Waals surface area contributed by atoms with Gasteiger partial charge in [0, 0.05) is 19.0 Å². The summed E-state index contributed by atoms with van der Waals surface area (Å²) in [7, 11) is 1.45. The van der Waals surface area contributed by atoms with Crippen LogP contribution in [0.5, 0.6) is 0 Å². The van der Waals surface area contributed by atoms with Gasteiger partial charge in [0.15, 0.2) is 12.3 Å². The third-order valence-corrected chi connectivity index (χ3v) is 2.86. The number of nitrogens with one attached hydrogen (secondary N) is 1. The molecule has 1 heterocycles. The summed E-state index contributed by atoms with van der Waals surface area (Å²) < 4.78 is 5.99. The fourth-order valence-corrected chi connectivity index (χ4v) is 1.90. The average Bonchev–Trinajstić information content (AvgIpc) is 2.49. The Morgan fingerprint density at radius 2 is 1.95 bits per heavy atom. The van der Waals surface area contributed by atoms with E-state index in [0.29, 0.717) is 17.3 Å². The lowest BCUT2D eigenvalue weighted by molar-refractivity contribution is -0.124. The molecule has 0 atom stereocenters. The Balaban J connectivity index is 2.34. The summed E-state index contributed by atoms with van der Waals surface area (Å²) in [6.45, 7) is 1.84. The number of ether oxygens (including phenoxy) is 1. The second kappa shape index (κ2) is 6.17. The summed E-state index contributed by atoms with van der Waals surface area (Å²) in [5.41, 5.74) is -0.289. The number of rotatable bonds is 4. The molecule has 7 heteroatoms. The molecule has 0 aliphatic carbocycles. The van der Waals surface area contributed by atoms with E-state index in [1.165, 1.54) is 7.05 Å². The molecule has 1 aromatic carbocycles. The molecule has 1 amide bonds. The van der Waals surface area contributed by atoms with Gasteiger partial charge in [0.25, 0.3) is 11.5 Å². The van der Waals surface area contributed by atoms with E-state index >= 15 is 0 Å². The first-order chi connectivity index (χ1) is 10.0. The zero-order valence-electron chi connectivity index (χ0n) is 11.8. The van der Waals surface area contributed by atoms with Crippen LogP contribution >= 0.6 is 0 Å². The van der Waals surface area contributed by atoms with Crippen LogP contribution in [-0.2, 0) is 16.6 Å². The molecule has 0 aliphatic heterocycles. The van der Waals surface area contributed by atoms with Crippen molar-refractivity contribution in [3.05, 3.63) is 40.3 Å². The van der Waals surface area contributed by atoms with Crippen molar-refractivity contribution >= 4 is 22.6 Å². The highest BCUT2D eigenvalue weighted by Crippen LogP contribution is 2.13. The van der Waals surface area contributed by atoms with E-state index in [2.05, 4.69) is 10.4 Å². The lowest BCUT2D eigenvalue weighted by atomic mass is 10.1. The number of aromatic nitrogens is 2. The fourth-order valence-electron chi connectivity index (χ4n) is 1.90. The second-order valence-corrected chi connectivity index (χ2v) is 4.35. The van der Waals surface area contributed by atoms with Gasteiger partial charge in [-0.3, -0.25) is 9.59 Å². The van der Waals surface area contributed by atoms with E-state index in [4.69, 9.17) is 4.74 Å². The largest absolute Gasteiger partial charge is 0.451 e. The Labute approximate surface area is 120 Å². The van der Waals surface area contributed by atoms with Gasteiger partial charge in [0.2, 0.25) is 0 Å². The molecule has 0 aliphatic rings. The molecular weight excluding hydrogens is 274 g/mol. The molecule has 110 valence electrons. The van der Waals surface area contributed by atoms with E-state index in [9.17, 15) is 14.4 Å². The van der Waals surface area contributed by atoms with Gasteiger partial charge in [-0.05, 0) is 13.0 Å². The zero-order valence-corrected chi connectivity index (χ0v) is 11.8. The van der Waals surface area contributed by atoms with Crippen molar-refractivity contribution in [3.8, 4) is 0 Å². The summed E-state index contributed by atoms with van der Waals surface area (Å²) in [5, 5.41) is 7.22. The van der Waals surface area contributed by atoms with Crippen LogP contribution in [-0.4, -0.2) is 34.8 Å². The molecule has 0 fully saturated rings. The normalized spacial score (nSPS) is 10.4. The summed E-state index contributed by atoms with van der Waals surface area (Å²) in [6, 6.07) is 6.63. The maximum absolute atomic E-state index is 12.1. The van der Waals surface area contributed by atoms with E-state index in [-0.39, 0.29) is 23.8 Å². The standard InChI is InChI=1S/C14H15N3O4/c1-3-15-11(18)8-21-14(20)12-9-6-4-5-7-10(9)13(19)17(2)16-12/h4-7H,3,8H2,1-2H3,(H,15,18). The fraction of sp³-hybridized carbons (Fsp3) is 0.286. The number of likely N-dealkylation sites (N-methyl/N-ethyl adjacent to an activating group) is 1. The molecule has 0 radical (unpaired) electrons. The summed E-state index contributed by atoms with van der Waals surface area (Å²) in [6.07, 6.45) is 0. The van der Waals surface area contributed by atoms with Crippen LogP contribution in [0.15, 0.2) is 29.1 Å². The predicted octanol–water partition coefficient (Wildman–Crippen LogP) is 0.226. The first kappa shape index (κ1) is 14.7. The summed E-state index contributed by atoms with van der Waals surface area (Å²) in [4.78, 5) is 35.3. The number of benzene rings is 1. The lowest BCUT2D eigenvalue weighted by Gasteiger charge is -2.08. The first-order valence-electron chi connectivity index (χ1n) is 6.44. The zero-order chi connectivity index (χ0) is 15.4. The third kappa shape index (κ3) is 3.07. The van der Waals surface area contributed by atoms with Crippen LogP contribution < -0.4 is 10.9 Å². The Hall–Kier alpha value is -2.70. The SMILES string of the molecule is CCNC(=O)COC(=O)c1nn(C)c(=O)c2ccccc12. The number of amides is 1.